The molecule has 0 aliphatic rings. The van der Waals surface area contributed by atoms with Crippen LogP contribution in [0.15, 0.2) is 79.1 Å². The number of carbonyl (C=O) groups excluding carboxylic acids is 2. The molecule has 0 fully saturated rings. The van der Waals surface area contributed by atoms with Gasteiger partial charge < -0.3 is 15.0 Å². The lowest BCUT2D eigenvalue weighted by atomic mass is 10.1. The van der Waals surface area contributed by atoms with Gasteiger partial charge in [0.25, 0.3) is 0 Å². The van der Waals surface area contributed by atoms with Crippen LogP contribution in [0.2, 0.25) is 0 Å². The highest BCUT2D eigenvalue weighted by atomic mass is 16.5. The molecule has 2 aromatic carbocycles. The number of carbonyl (C=O) groups is 2. The van der Waals surface area contributed by atoms with Crippen LogP contribution in [0.5, 0.6) is 0 Å². The highest BCUT2D eigenvalue weighted by Gasteiger charge is 2.15. The fraction of sp³-hybridized carbons (Fsp3) is 0.296. The van der Waals surface area contributed by atoms with Crippen LogP contribution >= 0.6 is 0 Å². The summed E-state index contributed by atoms with van der Waals surface area (Å²) < 4.78 is 5.21. The van der Waals surface area contributed by atoms with Gasteiger partial charge in [0, 0.05) is 38.4 Å². The third kappa shape index (κ3) is 8.41. The Morgan fingerprint density at radius 2 is 1.58 bits per heavy atom. The van der Waals surface area contributed by atoms with Crippen LogP contribution in [0.3, 0.4) is 0 Å². The lowest BCUT2D eigenvalue weighted by Crippen LogP contribution is -2.31. The molecule has 0 saturated heterocycles. The smallest absolute Gasteiger partial charge is 0.407 e. The molecule has 3 rings (SSSR count). The predicted molar refractivity (Wildman–Crippen MR) is 128 cm³/mol. The van der Waals surface area contributed by atoms with Crippen molar-refractivity contribution in [2.24, 2.45) is 0 Å². The van der Waals surface area contributed by atoms with E-state index < -0.39 is 6.09 Å². The van der Waals surface area contributed by atoms with Crippen molar-refractivity contribution < 1.29 is 14.3 Å². The number of nitrogens with zero attached hydrogens (tertiary/aromatic N) is 2. The van der Waals surface area contributed by atoms with Gasteiger partial charge in [-0.2, -0.15) is 0 Å². The molecule has 1 N–H and O–H groups in total. The molecular formula is C27H31N3O3. The topological polar surface area (TPSA) is 71.5 Å². The van der Waals surface area contributed by atoms with Crippen LogP contribution in [-0.4, -0.2) is 28.4 Å². The molecule has 0 spiro atoms. The number of hydrogen-bond donors (Lipinski definition) is 1. The van der Waals surface area contributed by atoms with E-state index in [2.05, 4.69) is 41.5 Å². The van der Waals surface area contributed by atoms with Crippen molar-refractivity contribution >= 4 is 12.0 Å². The monoisotopic (exact) mass is 445 g/mol. The van der Waals surface area contributed by atoms with E-state index in [1.54, 1.807) is 12.4 Å². The first-order valence-electron chi connectivity index (χ1n) is 11.3. The second-order valence-electron chi connectivity index (χ2n) is 7.87. The molecule has 6 heteroatoms. The van der Waals surface area contributed by atoms with E-state index in [0.717, 1.165) is 23.1 Å². The second kappa shape index (κ2) is 13.0. The summed E-state index contributed by atoms with van der Waals surface area (Å²) in [6.45, 7) is 3.75. The Morgan fingerprint density at radius 3 is 2.27 bits per heavy atom. The number of hydrogen-bond acceptors (Lipinski definition) is 4. The van der Waals surface area contributed by atoms with E-state index in [1.807, 2.05) is 47.4 Å². The van der Waals surface area contributed by atoms with Crippen molar-refractivity contribution in [2.45, 2.75) is 45.9 Å². The van der Waals surface area contributed by atoms with Crippen LogP contribution in [0, 0.1) is 0 Å². The number of aryl methyl sites for hydroxylation is 1. The summed E-state index contributed by atoms with van der Waals surface area (Å²) in [5.74, 6) is 0.0397. The molecule has 33 heavy (non-hydrogen) atoms. The van der Waals surface area contributed by atoms with Crippen molar-refractivity contribution in [3.8, 4) is 0 Å². The fourth-order valence-electron chi connectivity index (χ4n) is 3.41. The molecule has 1 aromatic heterocycles. The van der Waals surface area contributed by atoms with E-state index in [1.165, 1.54) is 5.56 Å². The summed E-state index contributed by atoms with van der Waals surface area (Å²) in [5.41, 5.74) is 4.28. The van der Waals surface area contributed by atoms with Gasteiger partial charge in [-0.3, -0.25) is 9.78 Å². The molecule has 1 heterocycles. The van der Waals surface area contributed by atoms with Crippen LogP contribution in [0.1, 0.15) is 42.0 Å². The molecule has 2 amide bonds. The van der Waals surface area contributed by atoms with E-state index in [0.29, 0.717) is 32.5 Å². The molecule has 0 saturated carbocycles. The number of ether oxygens (including phenoxy) is 1. The molecule has 0 atom stereocenters. The number of pyridine rings is 1. The van der Waals surface area contributed by atoms with Crippen molar-refractivity contribution in [3.63, 3.8) is 0 Å². The number of nitrogens with one attached hydrogen (secondary N) is 1. The quantitative estimate of drug-likeness (QED) is 0.427. The first kappa shape index (κ1) is 24.0. The molecular weight excluding hydrogens is 414 g/mol. The third-order valence-electron chi connectivity index (χ3n) is 5.30. The van der Waals surface area contributed by atoms with Crippen LogP contribution in [0.25, 0.3) is 0 Å². The Labute approximate surface area is 195 Å². The van der Waals surface area contributed by atoms with E-state index in [9.17, 15) is 9.59 Å². The minimum atomic E-state index is -0.477. The highest BCUT2D eigenvalue weighted by Crippen LogP contribution is 2.13. The summed E-state index contributed by atoms with van der Waals surface area (Å²) in [5, 5.41) is 2.72. The fourth-order valence-corrected chi connectivity index (χ4v) is 3.41. The first-order chi connectivity index (χ1) is 16.1. The zero-order chi connectivity index (χ0) is 23.3. The van der Waals surface area contributed by atoms with Gasteiger partial charge >= 0.3 is 6.09 Å². The summed E-state index contributed by atoms with van der Waals surface area (Å²) in [4.78, 5) is 30.9. The van der Waals surface area contributed by atoms with E-state index >= 15 is 0 Å². The average Bonchev–Trinajstić information content (AvgIpc) is 2.86. The molecule has 6 nitrogen and oxygen atoms in total. The van der Waals surface area contributed by atoms with Crippen molar-refractivity contribution in [1.82, 2.24) is 15.2 Å². The molecule has 172 valence electrons. The maximum absolute atomic E-state index is 13.0. The molecule has 0 aliphatic heterocycles. The first-order valence-corrected chi connectivity index (χ1v) is 11.3. The highest BCUT2D eigenvalue weighted by molar-refractivity contribution is 5.76. The van der Waals surface area contributed by atoms with Crippen molar-refractivity contribution in [3.05, 3.63) is 101 Å². The zero-order valence-electron chi connectivity index (χ0n) is 19.1. The Balaban J connectivity index is 1.48. The maximum Gasteiger partial charge on any atom is 0.407 e. The number of aromatic nitrogens is 1. The van der Waals surface area contributed by atoms with Crippen LogP contribution in [0.4, 0.5) is 4.79 Å². The van der Waals surface area contributed by atoms with Gasteiger partial charge in [-0.05, 0) is 41.2 Å². The van der Waals surface area contributed by atoms with Gasteiger partial charge in [0.2, 0.25) is 5.91 Å². The molecule has 0 unspecified atom stereocenters. The second-order valence-corrected chi connectivity index (χ2v) is 7.87. The number of rotatable bonds is 11. The van der Waals surface area contributed by atoms with Gasteiger partial charge in [-0.25, -0.2) is 4.79 Å². The van der Waals surface area contributed by atoms with Crippen LogP contribution in [-0.2, 0) is 35.6 Å². The minimum absolute atomic E-state index is 0.0397. The number of alkyl carbamates (subject to hydrolysis) is 1. The van der Waals surface area contributed by atoms with Gasteiger partial charge in [0.05, 0.1) is 0 Å². The van der Waals surface area contributed by atoms with E-state index in [4.69, 9.17) is 4.74 Å². The predicted octanol–water partition coefficient (Wildman–Crippen LogP) is 4.88. The Kier molecular flexibility index (Phi) is 9.45. The van der Waals surface area contributed by atoms with Gasteiger partial charge in [0.1, 0.15) is 6.61 Å². The normalized spacial score (nSPS) is 10.5. The Bertz CT molecular complexity index is 992. The molecule has 0 aliphatic carbocycles. The van der Waals surface area contributed by atoms with E-state index in [-0.39, 0.29) is 12.5 Å². The lowest BCUT2D eigenvalue weighted by Gasteiger charge is -2.23. The van der Waals surface area contributed by atoms with Crippen molar-refractivity contribution in [1.29, 1.82) is 0 Å². The summed E-state index contributed by atoms with van der Waals surface area (Å²) in [7, 11) is 0. The standard InChI is InChI=1S/C27H31N3O3/c1-2-22-12-14-23(15-13-22)19-30(20-25-10-6-16-28-18-25)26(31)11-7-17-29-27(32)33-21-24-8-4-3-5-9-24/h3-6,8-10,12-16,18H,2,7,11,17,19-21H2,1H3,(H,29,32). The molecule has 0 radical (unpaired) electrons. The van der Waals surface area contributed by atoms with Crippen molar-refractivity contribution in [2.75, 3.05) is 6.54 Å². The average molecular weight is 446 g/mol. The lowest BCUT2D eigenvalue weighted by molar-refractivity contribution is -0.132. The third-order valence-corrected chi connectivity index (χ3v) is 5.30. The summed E-state index contributed by atoms with van der Waals surface area (Å²) in [6, 6.07) is 21.7. The van der Waals surface area contributed by atoms with Gasteiger partial charge in [-0.1, -0.05) is 67.6 Å². The van der Waals surface area contributed by atoms with Crippen LogP contribution < -0.4 is 5.32 Å². The summed E-state index contributed by atoms with van der Waals surface area (Å²) >= 11 is 0. The largest absolute Gasteiger partial charge is 0.445 e. The Morgan fingerprint density at radius 1 is 0.879 bits per heavy atom. The Hall–Kier alpha value is -3.67. The zero-order valence-corrected chi connectivity index (χ0v) is 19.1. The number of amides is 2. The SMILES string of the molecule is CCc1ccc(CN(Cc2cccnc2)C(=O)CCCNC(=O)OCc2ccccc2)cc1. The minimum Gasteiger partial charge on any atom is -0.445 e. The number of benzene rings is 2. The molecule has 0 bridgehead atoms. The van der Waals surface area contributed by atoms with Gasteiger partial charge in [-0.15, -0.1) is 0 Å². The maximum atomic E-state index is 13.0. The molecule has 3 aromatic rings. The summed E-state index contributed by atoms with van der Waals surface area (Å²) in [6.07, 6.45) is 4.89. The van der Waals surface area contributed by atoms with Gasteiger partial charge in [0.15, 0.2) is 0 Å².